The average Bonchev–Trinajstić information content (AvgIpc) is 2.25. The average molecular weight is 245 g/mol. The number of nitrogens with one attached hydrogen (secondary N) is 1. The van der Waals surface area contributed by atoms with Gasteiger partial charge in [-0.1, -0.05) is 6.07 Å². The van der Waals surface area contributed by atoms with E-state index in [9.17, 15) is 13.6 Å². The van der Waals surface area contributed by atoms with Gasteiger partial charge in [0, 0.05) is 25.3 Å². The van der Waals surface area contributed by atoms with Crippen molar-refractivity contribution in [3.05, 3.63) is 35.4 Å². The number of halogens is 2. The number of aliphatic carboxylic acids is 1. The number of carboxylic acid groups (broad SMARTS) is 1. The Kier molecular flexibility index (Phi) is 4.99. The van der Waals surface area contributed by atoms with Crippen molar-refractivity contribution in [1.82, 2.24) is 5.32 Å². The topological polar surface area (TPSA) is 58.6 Å². The lowest BCUT2D eigenvalue weighted by molar-refractivity contribution is -0.139. The molecule has 0 aromatic heterocycles. The minimum atomic E-state index is -1.23. The Labute approximate surface area is 97.2 Å². The van der Waals surface area contributed by atoms with Gasteiger partial charge in [-0.2, -0.15) is 0 Å². The summed E-state index contributed by atoms with van der Waals surface area (Å²) in [5.41, 5.74) is -0.102. The Morgan fingerprint density at radius 3 is 2.76 bits per heavy atom. The Hall–Kier alpha value is -1.53. The van der Waals surface area contributed by atoms with Crippen LogP contribution < -0.4 is 5.32 Å². The summed E-state index contributed by atoms with van der Waals surface area (Å²) in [6.07, 6.45) is 0. The molecular weight excluding hydrogens is 232 g/mol. The van der Waals surface area contributed by atoms with E-state index in [1.54, 1.807) is 0 Å². The van der Waals surface area contributed by atoms with Gasteiger partial charge in [0.2, 0.25) is 0 Å². The summed E-state index contributed by atoms with van der Waals surface area (Å²) in [4.78, 5) is 11.0. The smallest absolute Gasteiger partial charge is 0.325 e. The molecule has 0 spiro atoms. The van der Waals surface area contributed by atoms with Gasteiger partial charge in [-0.05, 0) is 6.07 Å². The fourth-order valence-corrected chi connectivity index (χ4v) is 1.37. The van der Waals surface area contributed by atoms with E-state index in [0.29, 0.717) is 12.7 Å². The minimum Gasteiger partial charge on any atom is -0.480 e. The summed E-state index contributed by atoms with van der Waals surface area (Å²) in [7, 11) is 1.47. The third kappa shape index (κ3) is 3.76. The van der Waals surface area contributed by atoms with Crippen molar-refractivity contribution in [3.63, 3.8) is 0 Å². The molecule has 0 aliphatic rings. The van der Waals surface area contributed by atoms with Crippen molar-refractivity contribution in [1.29, 1.82) is 0 Å². The summed E-state index contributed by atoms with van der Waals surface area (Å²) in [5, 5.41) is 11.6. The minimum absolute atomic E-state index is 0.102. The lowest BCUT2D eigenvalue weighted by atomic mass is 10.1. The molecule has 0 amide bonds. The standard InChI is InChI=1S/C11H13F2NO3/c1-17-5-4-14-10(11(15)16)8-3-2-7(12)6-9(8)13/h2-3,6,10,14H,4-5H2,1H3,(H,15,16). The molecule has 1 aromatic carbocycles. The maximum absolute atomic E-state index is 13.4. The number of hydrogen-bond acceptors (Lipinski definition) is 3. The molecule has 1 unspecified atom stereocenters. The second-order valence-corrected chi connectivity index (χ2v) is 3.38. The van der Waals surface area contributed by atoms with Gasteiger partial charge in [0.25, 0.3) is 0 Å². The molecule has 0 saturated carbocycles. The number of hydrogen-bond donors (Lipinski definition) is 2. The van der Waals surface area contributed by atoms with Crippen LogP contribution in [-0.4, -0.2) is 31.3 Å². The zero-order valence-corrected chi connectivity index (χ0v) is 9.24. The monoisotopic (exact) mass is 245 g/mol. The molecule has 4 nitrogen and oxygen atoms in total. The molecule has 1 aromatic rings. The molecule has 0 heterocycles. The molecule has 0 aliphatic heterocycles. The van der Waals surface area contributed by atoms with Crippen LogP contribution in [0.2, 0.25) is 0 Å². The summed E-state index contributed by atoms with van der Waals surface area (Å²) < 4.78 is 30.8. The summed E-state index contributed by atoms with van der Waals surface area (Å²) in [6.45, 7) is 0.552. The highest BCUT2D eigenvalue weighted by Crippen LogP contribution is 2.18. The molecule has 94 valence electrons. The van der Waals surface area contributed by atoms with Crippen molar-refractivity contribution in [2.24, 2.45) is 0 Å². The molecule has 0 radical (unpaired) electrons. The van der Waals surface area contributed by atoms with Crippen LogP contribution in [-0.2, 0) is 9.53 Å². The first-order valence-corrected chi connectivity index (χ1v) is 4.96. The SMILES string of the molecule is COCCNC(C(=O)O)c1ccc(F)cc1F. The zero-order chi connectivity index (χ0) is 12.8. The molecule has 17 heavy (non-hydrogen) atoms. The van der Waals surface area contributed by atoms with Crippen LogP contribution in [0.4, 0.5) is 8.78 Å². The van der Waals surface area contributed by atoms with Gasteiger partial charge < -0.3 is 9.84 Å². The number of benzene rings is 1. The molecule has 1 rings (SSSR count). The Bertz CT molecular complexity index is 398. The van der Waals surface area contributed by atoms with Gasteiger partial charge in [0.1, 0.15) is 17.7 Å². The van der Waals surface area contributed by atoms with Crippen molar-refractivity contribution in [2.45, 2.75) is 6.04 Å². The molecule has 2 N–H and O–H groups in total. The molecule has 0 bridgehead atoms. The van der Waals surface area contributed by atoms with E-state index in [1.807, 2.05) is 0 Å². The zero-order valence-electron chi connectivity index (χ0n) is 9.24. The van der Waals surface area contributed by atoms with Crippen LogP contribution in [0.5, 0.6) is 0 Å². The highest BCUT2D eigenvalue weighted by atomic mass is 19.1. The Morgan fingerprint density at radius 1 is 1.53 bits per heavy atom. The summed E-state index contributed by atoms with van der Waals surface area (Å²) in [6, 6.07) is 1.57. The van der Waals surface area contributed by atoms with Crippen LogP contribution in [0.25, 0.3) is 0 Å². The molecule has 1 atom stereocenters. The third-order valence-electron chi connectivity index (χ3n) is 2.18. The maximum atomic E-state index is 13.4. The number of carbonyl (C=O) groups is 1. The van der Waals surface area contributed by atoms with Gasteiger partial charge in [0.05, 0.1) is 6.61 Å². The lowest BCUT2D eigenvalue weighted by Crippen LogP contribution is -2.31. The summed E-state index contributed by atoms with van der Waals surface area (Å²) in [5.74, 6) is -2.86. The van der Waals surface area contributed by atoms with Crippen LogP contribution in [0.15, 0.2) is 18.2 Å². The van der Waals surface area contributed by atoms with Crippen molar-refractivity contribution < 1.29 is 23.4 Å². The van der Waals surface area contributed by atoms with Crippen LogP contribution in [0, 0.1) is 11.6 Å². The molecule has 6 heteroatoms. The van der Waals surface area contributed by atoms with Gasteiger partial charge in [-0.25, -0.2) is 8.78 Å². The molecule has 0 aliphatic carbocycles. The van der Waals surface area contributed by atoms with Crippen molar-refractivity contribution >= 4 is 5.97 Å². The third-order valence-corrected chi connectivity index (χ3v) is 2.18. The van der Waals surface area contributed by atoms with E-state index in [4.69, 9.17) is 9.84 Å². The van der Waals surface area contributed by atoms with E-state index < -0.39 is 23.6 Å². The Balaban J connectivity index is 2.86. The van der Waals surface area contributed by atoms with Crippen LogP contribution >= 0.6 is 0 Å². The van der Waals surface area contributed by atoms with Gasteiger partial charge in [-0.15, -0.1) is 0 Å². The lowest BCUT2D eigenvalue weighted by Gasteiger charge is -2.15. The normalized spacial score (nSPS) is 12.4. The predicted molar refractivity (Wildman–Crippen MR) is 56.6 cm³/mol. The molecular formula is C11H13F2NO3. The fraction of sp³-hybridized carbons (Fsp3) is 0.364. The first kappa shape index (κ1) is 13.5. The number of rotatable bonds is 6. The first-order chi connectivity index (χ1) is 8.06. The second kappa shape index (κ2) is 6.27. The van der Waals surface area contributed by atoms with Gasteiger partial charge in [-0.3, -0.25) is 10.1 Å². The highest BCUT2D eigenvalue weighted by Gasteiger charge is 2.22. The van der Waals surface area contributed by atoms with Gasteiger partial charge >= 0.3 is 5.97 Å². The Morgan fingerprint density at radius 2 is 2.24 bits per heavy atom. The molecule has 0 fully saturated rings. The maximum Gasteiger partial charge on any atom is 0.325 e. The second-order valence-electron chi connectivity index (χ2n) is 3.38. The van der Waals surface area contributed by atoms with E-state index in [2.05, 4.69) is 5.32 Å². The molecule has 0 saturated heterocycles. The van der Waals surface area contributed by atoms with Crippen molar-refractivity contribution in [2.75, 3.05) is 20.3 Å². The first-order valence-electron chi connectivity index (χ1n) is 4.96. The largest absolute Gasteiger partial charge is 0.480 e. The summed E-state index contributed by atoms with van der Waals surface area (Å²) >= 11 is 0. The van der Waals surface area contributed by atoms with Gasteiger partial charge in [0.15, 0.2) is 0 Å². The van der Waals surface area contributed by atoms with E-state index >= 15 is 0 Å². The van der Waals surface area contributed by atoms with Crippen LogP contribution in [0.3, 0.4) is 0 Å². The quantitative estimate of drug-likeness (QED) is 0.742. The van der Waals surface area contributed by atoms with E-state index in [0.717, 1.165) is 12.1 Å². The number of ether oxygens (including phenoxy) is 1. The highest BCUT2D eigenvalue weighted by molar-refractivity contribution is 5.75. The number of carboxylic acids is 1. The van der Waals surface area contributed by atoms with E-state index in [-0.39, 0.29) is 12.1 Å². The predicted octanol–water partition coefficient (Wildman–Crippen LogP) is 1.33. The van der Waals surface area contributed by atoms with Crippen molar-refractivity contribution in [3.8, 4) is 0 Å². The van der Waals surface area contributed by atoms with E-state index in [1.165, 1.54) is 7.11 Å². The fourth-order valence-electron chi connectivity index (χ4n) is 1.37. The van der Waals surface area contributed by atoms with Crippen LogP contribution in [0.1, 0.15) is 11.6 Å². The number of methoxy groups -OCH3 is 1.